The molecule has 0 N–H and O–H groups in total. The maximum atomic E-state index is 5.63. The van der Waals surface area contributed by atoms with Crippen molar-refractivity contribution in [1.29, 1.82) is 0 Å². The van der Waals surface area contributed by atoms with Gasteiger partial charge in [0.25, 0.3) is 0 Å². The first-order chi connectivity index (χ1) is 6.79. The van der Waals surface area contributed by atoms with Crippen LogP contribution < -0.4 is 0 Å². The standard InChI is InChI=1S/C8H5Cl.C5H8/c1-2-7-4-3-5-8(9)6-7;1-2-5-3-4(1)5/h1,3-6H;4-5H,1-3H2. The van der Waals surface area contributed by atoms with Gasteiger partial charge in [0.2, 0.25) is 0 Å². The van der Waals surface area contributed by atoms with Crippen LogP contribution in [0.4, 0.5) is 0 Å². The number of terminal acetylenes is 1. The van der Waals surface area contributed by atoms with Gasteiger partial charge in [-0.3, -0.25) is 0 Å². The first-order valence-corrected chi connectivity index (χ1v) is 5.39. The van der Waals surface area contributed by atoms with Crippen molar-refractivity contribution in [3.05, 3.63) is 34.9 Å². The van der Waals surface area contributed by atoms with Crippen molar-refractivity contribution in [2.75, 3.05) is 0 Å². The van der Waals surface area contributed by atoms with Crippen LogP contribution in [0.3, 0.4) is 0 Å². The topological polar surface area (TPSA) is 0 Å². The molecule has 1 heteroatoms. The highest BCUT2D eigenvalue weighted by Crippen LogP contribution is 2.55. The van der Waals surface area contributed by atoms with Crippen LogP contribution in [0.1, 0.15) is 24.8 Å². The van der Waals surface area contributed by atoms with E-state index >= 15 is 0 Å². The van der Waals surface area contributed by atoms with E-state index in [1.807, 2.05) is 12.1 Å². The van der Waals surface area contributed by atoms with Gasteiger partial charge in [-0.15, -0.1) is 6.42 Å². The van der Waals surface area contributed by atoms with Crippen molar-refractivity contribution in [3.63, 3.8) is 0 Å². The number of hydrogen-bond acceptors (Lipinski definition) is 0. The van der Waals surface area contributed by atoms with E-state index in [0.717, 1.165) is 5.56 Å². The molecule has 0 saturated heterocycles. The average Bonchev–Trinajstić information content (AvgIpc) is 2.74. The molecule has 0 nitrogen and oxygen atoms in total. The van der Waals surface area contributed by atoms with E-state index in [4.69, 9.17) is 18.0 Å². The Bertz CT molecular complexity index is 350. The van der Waals surface area contributed by atoms with Crippen molar-refractivity contribution >= 4 is 11.6 Å². The van der Waals surface area contributed by atoms with Crippen molar-refractivity contribution in [2.45, 2.75) is 19.3 Å². The highest BCUT2D eigenvalue weighted by atomic mass is 35.5. The second kappa shape index (κ2) is 4.07. The minimum absolute atomic E-state index is 0.686. The van der Waals surface area contributed by atoms with Crippen LogP contribution in [0.25, 0.3) is 0 Å². The zero-order valence-corrected chi connectivity index (χ0v) is 8.80. The molecule has 1 aromatic rings. The van der Waals surface area contributed by atoms with Gasteiger partial charge in [0.1, 0.15) is 0 Å². The molecule has 2 atom stereocenters. The third-order valence-electron chi connectivity index (χ3n) is 2.97. The van der Waals surface area contributed by atoms with Gasteiger partial charge in [-0.2, -0.15) is 0 Å². The molecule has 72 valence electrons. The summed E-state index contributed by atoms with van der Waals surface area (Å²) in [5, 5.41) is 0.686. The third-order valence-corrected chi connectivity index (χ3v) is 3.20. The van der Waals surface area contributed by atoms with Gasteiger partial charge in [0, 0.05) is 10.6 Å². The van der Waals surface area contributed by atoms with Crippen LogP contribution in [0.2, 0.25) is 5.02 Å². The SMILES string of the molecule is C#Cc1cccc(Cl)c1.C1CC2CC12. The summed E-state index contributed by atoms with van der Waals surface area (Å²) in [7, 11) is 0. The Balaban J connectivity index is 0.000000123. The maximum Gasteiger partial charge on any atom is 0.0418 e. The van der Waals surface area contributed by atoms with Crippen LogP contribution in [0.15, 0.2) is 24.3 Å². The summed E-state index contributed by atoms with van der Waals surface area (Å²) in [6.45, 7) is 0. The van der Waals surface area contributed by atoms with Crippen molar-refractivity contribution in [1.82, 2.24) is 0 Å². The van der Waals surface area contributed by atoms with E-state index in [9.17, 15) is 0 Å². The monoisotopic (exact) mass is 204 g/mol. The van der Waals surface area contributed by atoms with E-state index in [-0.39, 0.29) is 0 Å². The quantitative estimate of drug-likeness (QED) is 0.565. The molecule has 0 bridgehead atoms. The van der Waals surface area contributed by atoms with Gasteiger partial charge in [-0.25, -0.2) is 0 Å². The second-order valence-corrected chi connectivity index (χ2v) is 4.42. The summed E-state index contributed by atoms with van der Waals surface area (Å²) in [6, 6.07) is 7.22. The van der Waals surface area contributed by atoms with E-state index < -0.39 is 0 Å². The minimum Gasteiger partial charge on any atom is -0.115 e. The Kier molecular flexibility index (Phi) is 2.79. The molecule has 2 fully saturated rings. The third kappa shape index (κ3) is 2.30. The molecule has 2 saturated carbocycles. The molecule has 0 aromatic heterocycles. The summed E-state index contributed by atoms with van der Waals surface area (Å²) in [6.07, 6.45) is 9.81. The van der Waals surface area contributed by atoms with E-state index in [0.29, 0.717) is 5.02 Å². The van der Waals surface area contributed by atoms with Gasteiger partial charge < -0.3 is 0 Å². The highest BCUT2D eigenvalue weighted by molar-refractivity contribution is 6.30. The summed E-state index contributed by atoms with van der Waals surface area (Å²) in [4.78, 5) is 0. The fraction of sp³-hybridized carbons (Fsp3) is 0.385. The van der Waals surface area contributed by atoms with Gasteiger partial charge in [-0.05, 0) is 49.3 Å². The first-order valence-electron chi connectivity index (χ1n) is 5.02. The second-order valence-electron chi connectivity index (χ2n) is 3.99. The van der Waals surface area contributed by atoms with Crippen molar-refractivity contribution in [3.8, 4) is 12.3 Å². The molecule has 0 spiro atoms. The van der Waals surface area contributed by atoms with Crippen molar-refractivity contribution < 1.29 is 0 Å². The Morgan fingerprint density at radius 3 is 2.29 bits per heavy atom. The summed E-state index contributed by atoms with van der Waals surface area (Å²) >= 11 is 5.63. The molecular formula is C13H13Cl. The lowest BCUT2D eigenvalue weighted by atomic mass is 10.0. The van der Waals surface area contributed by atoms with Gasteiger partial charge in [-0.1, -0.05) is 23.6 Å². The maximum absolute atomic E-state index is 5.63. The normalized spacial score (nSPS) is 26.0. The van der Waals surface area contributed by atoms with Gasteiger partial charge in [0.15, 0.2) is 0 Å². The molecule has 0 aliphatic heterocycles. The largest absolute Gasteiger partial charge is 0.115 e. The molecule has 2 aliphatic rings. The first kappa shape index (κ1) is 9.62. The summed E-state index contributed by atoms with van der Waals surface area (Å²) < 4.78 is 0. The van der Waals surface area contributed by atoms with Crippen LogP contribution in [-0.4, -0.2) is 0 Å². The summed E-state index contributed by atoms with van der Waals surface area (Å²) in [5.74, 6) is 4.95. The lowest BCUT2D eigenvalue weighted by molar-refractivity contribution is 0.468. The molecule has 0 radical (unpaired) electrons. The molecule has 2 aliphatic carbocycles. The fourth-order valence-corrected chi connectivity index (χ4v) is 1.95. The van der Waals surface area contributed by atoms with Gasteiger partial charge in [0.05, 0.1) is 0 Å². The van der Waals surface area contributed by atoms with Crippen LogP contribution in [0, 0.1) is 24.2 Å². The van der Waals surface area contributed by atoms with E-state index in [1.54, 1.807) is 31.4 Å². The smallest absolute Gasteiger partial charge is 0.0418 e. The molecule has 1 aromatic carbocycles. The number of halogens is 1. The Labute approximate surface area is 90.3 Å². The summed E-state index contributed by atoms with van der Waals surface area (Å²) in [5.41, 5.74) is 0.822. The molecule has 3 rings (SSSR count). The fourth-order valence-electron chi connectivity index (χ4n) is 1.76. The Morgan fingerprint density at radius 1 is 1.29 bits per heavy atom. The predicted octanol–water partition coefficient (Wildman–Crippen LogP) is 3.74. The van der Waals surface area contributed by atoms with Gasteiger partial charge >= 0.3 is 0 Å². The molecule has 0 amide bonds. The lowest BCUT2D eigenvalue weighted by Gasteiger charge is -2.04. The van der Waals surface area contributed by atoms with Crippen molar-refractivity contribution in [2.24, 2.45) is 11.8 Å². The highest BCUT2D eigenvalue weighted by Gasteiger charge is 2.44. The van der Waals surface area contributed by atoms with Crippen LogP contribution in [-0.2, 0) is 0 Å². The Morgan fingerprint density at radius 2 is 2.00 bits per heavy atom. The minimum atomic E-state index is 0.686. The molecule has 14 heavy (non-hydrogen) atoms. The zero-order chi connectivity index (χ0) is 9.97. The number of hydrogen-bond donors (Lipinski definition) is 0. The van der Waals surface area contributed by atoms with E-state index in [2.05, 4.69) is 5.92 Å². The molecular weight excluding hydrogens is 192 g/mol. The lowest BCUT2D eigenvalue weighted by Crippen LogP contribution is -1.93. The Hall–Kier alpha value is -0.930. The zero-order valence-electron chi connectivity index (χ0n) is 8.04. The number of rotatable bonds is 0. The van der Waals surface area contributed by atoms with Crippen LogP contribution >= 0.6 is 11.6 Å². The van der Waals surface area contributed by atoms with Crippen LogP contribution in [0.5, 0.6) is 0 Å². The predicted molar refractivity (Wildman–Crippen MR) is 60.2 cm³/mol. The molecule has 2 unspecified atom stereocenters. The van der Waals surface area contributed by atoms with E-state index in [1.165, 1.54) is 11.8 Å². The number of fused-ring (bicyclic) bond motifs is 1. The average molecular weight is 205 g/mol. The number of benzene rings is 1. The molecule has 0 heterocycles.